The first kappa shape index (κ1) is 21.0. The van der Waals surface area contributed by atoms with E-state index in [-0.39, 0.29) is 18.3 Å². The van der Waals surface area contributed by atoms with Crippen LogP contribution in [0, 0.1) is 5.92 Å². The number of aromatic nitrogens is 1. The molecule has 0 fully saturated rings. The molecule has 27 heavy (non-hydrogen) atoms. The van der Waals surface area contributed by atoms with Crippen molar-refractivity contribution >= 4 is 0 Å². The van der Waals surface area contributed by atoms with Crippen LogP contribution in [-0.4, -0.2) is 24.2 Å². The maximum absolute atomic E-state index is 13.6. The molecule has 0 spiro atoms. The van der Waals surface area contributed by atoms with Crippen LogP contribution >= 0.6 is 0 Å². The molecular weight excluding hydrogens is 357 g/mol. The SMILES string of the molecule is COc1cnccc1-c1ccc(OC[C@@H](C)CC(C)(C)N)c(C(F)(F)F)c1. The Morgan fingerprint density at radius 3 is 2.44 bits per heavy atom. The summed E-state index contributed by atoms with van der Waals surface area (Å²) >= 11 is 0. The maximum Gasteiger partial charge on any atom is 0.419 e. The fraction of sp³-hybridized carbons (Fsp3) is 0.450. The normalized spacial score (nSPS) is 13.3. The molecule has 4 nitrogen and oxygen atoms in total. The summed E-state index contributed by atoms with van der Waals surface area (Å²) in [5.74, 6) is 0.227. The number of methoxy groups -OCH3 is 1. The number of ether oxygens (including phenoxy) is 2. The Morgan fingerprint density at radius 2 is 1.85 bits per heavy atom. The van der Waals surface area contributed by atoms with Gasteiger partial charge in [-0.1, -0.05) is 13.0 Å². The number of rotatable bonds is 7. The van der Waals surface area contributed by atoms with Crippen LogP contribution in [0.4, 0.5) is 13.2 Å². The van der Waals surface area contributed by atoms with Gasteiger partial charge in [0.1, 0.15) is 11.5 Å². The highest BCUT2D eigenvalue weighted by molar-refractivity contribution is 5.71. The summed E-state index contributed by atoms with van der Waals surface area (Å²) in [6, 6.07) is 5.61. The van der Waals surface area contributed by atoms with Gasteiger partial charge in [-0.15, -0.1) is 0 Å². The van der Waals surface area contributed by atoms with Crippen molar-refractivity contribution in [2.24, 2.45) is 11.7 Å². The van der Waals surface area contributed by atoms with Crippen LogP contribution in [0.25, 0.3) is 11.1 Å². The van der Waals surface area contributed by atoms with Crippen LogP contribution in [0.5, 0.6) is 11.5 Å². The number of hydrogen-bond acceptors (Lipinski definition) is 4. The number of pyridine rings is 1. The van der Waals surface area contributed by atoms with Gasteiger partial charge in [-0.25, -0.2) is 0 Å². The first-order valence-electron chi connectivity index (χ1n) is 8.62. The molecule has 0 aliphatic heterocycles. The molecule has 148 valence electrons. The van der Waals surface area contributed by atoms with Gasteiger partial charge >= 0.3 is 6.18 Å². The van der Waals surface area contributed by atoms with Crippen molar-refractivity contribution in [2.45, 2.75) is 38.9 Å². The lowest BCUT2D eigenvalue weighted by molar-refractivity contribution is -0.139. The summed E-state index contributed by atoms with van der Waals surface area (Å²) in [6.45, 7) is 5.81. The number of nitrogens with two attached hydrogens (primary N) is 1. The van der Waals surface area contributed by atoms with Crippen molar-refractivity contribution in [3.63, 3.8) is 0 Å². The quantitative estimate of drug-likeness (QED) is 0.739. The van der Waals surface area contributed by atoms with Gasteiger partial charge in [-0.05, 0) is 49.9 Å². The van der Waals surface area contributed by atoms with E-state index in [2.05, 4.69) is 4.98 Å². The molecule has 2 aromatic rings. The molecule has 2 rings (SSSR count). The predicted molar refractivity (Wildman–Crippen MR) is 98.8 cm³/mol. The molecule has 0 aliphatic rings. The largest absolute Gasteiger partial charge is 0.494 e. The van der Waals surface area contributed by atoms with E-state index in [0.29, 0.717) is 23.3 Å². The topological polar surface area (TPSA) is 57.4 Å². The van der Waals surface area contributed by atoms with Gasteiger partial charge in [0.25, 0.3) is 0 Å². The van der Waals surface area contributed by atoms with E-state index >= 15 is 0 Å². The average Bonchev–Trinajstić information content (AvgIpc) is 2.57. The van der Waals surface area contributed by atoms with E-state index in [1.807, 2.05) is 20.8 Å². The highest BCUT2D eigenvalue weighted by atomic mass is 19.4. The molecule has 7 heteroatoms. The molecule has 2 N–H and O–H groups in total. The molecule has 0 unspecified atom stereocenters. The summed E-state index contributed by atoms with van der Waals surface area (Å²) in [5.41, 5.74) is 5.65. The zero-order valence-electron chi connectivity index (χ0n) is 15.9. The lowest BCUT2D eigenvalue weighted by Crippen LogP contribution is -2.35. The predicted octanol–water partition coefficient (Wildman–Crippen LogP) is 4.92. The van der Waals surface area contributed by atoms with E-state index in [4.69, 9.17) is 15.2 Å². The number of hydrogen-bond donors (Lipinski definition) is 1. The molecule has 0 aliphatic carbocycles. The number of nitrogens with zero attached hydrogens (tertiary/aromatic N) is 1. The fourth-order valence-corrected chi connectivity index (χ4v) is 3.02. The number of alkyl halides is 3. The summed E-state index contributed by atoms with van der Waals surface area (Å²) in [6.07, 6.45) is -0.933. The zero-order chi connectivity index (χ0) is 20.2. The standard InChI is InChI=1S/C20H25F3N2O2/c1-13(10-19(2,3)24)12-27-17-6-5-14(9-16(17)20(21,22)23)15-7-8-25-11-18(15)26-4/h5-9,11,13H,10,12,24H2,1-4H3/t13-/m0/s1. The van der Waals surface area contributed by atoms with Crippen LogP contribution in [0.1, 0.15) is 32.8 Å². The molecule has 0 saturated heterocycles. The Labute approximate surface area is 157 Å². The Bertz CT molecular complexity index is 771. The first-order valence-corrected chi connectivity index (χ1v) is 8.62. The van der Waals surface area contributed by atoms with E-state index < -0.39 is 17.3 Å². The van der Waals surface area contributed by atoms with Crippen LogP contribution in [0.15, 0.2) is 36.7 Å². The van der Waals surface area contributed by atoms with Crippen molar-refractivity contribution in [3.05, 3.63) is 42.2 Å². The van der Waals surface area contributed by atoms with Gasteiger partial charge < -0.3 is 15.2 Å². The highest BCUT2D eigenvalue weighted by Crippen LogP contribution is 2.40. The third-order valence-electron chi connectivity index (χ3n) is 4.00. The van der Waals surface area contributed by atoms with Crippen molar-refractivity contribution < 1.29 is 22.6 Å². The van der Waals surface area contributed by atoms with E-state index in [1.165, 1.54) is 25.6 Å². The van der Waals surface area contributed by atoms with Gasteiger partial charge in [-0.2, -0.15) is 13.2 Å². The highest BCUT2D eigenvalue weighted by Gasteiger charge is 2.35. The third-order valence-corrected chi connectivity index (χ3v) is 4.00. The van der Waals surface area contributed by atoms with Crippen LogP contribution < -0.4 is 15.2 Å². The lowest BCUT2D eigenvalue weighted by atomic mass is 9.93. The summed E-state index contributed by atoms with van der Waals surface area (Å²) in [4.78, 5) is 3.93. The molecule has 0 radical (unpaired) electrons. The molecule has 1 heterocycles. The molecule has 0 bridgehead atoms. The van der Waals surface area contributed by atoms with Crippen LogP contribution in [0.3, 0.4) is 0 Å². The Hall–Kier alpha value is -2.28. The minimum absolute atomic E-state index is 0.0195. The Balaban J connectivity index is 2.31. The number of halogens is 3. The summed E-state index contributed by atoms with van der Waals surface area (Å²) in [5, 5.41) is 0. The second-order valence-electron chi connectivity index (χ2n) is 7.39. The minimum atomic E-state index is -4.54. The fourth-order valence-electron chi connectivity index (χ4n) is 3.02. The molecule has 0 saturated carbocycles. The minimum Gasteiger partial charge on any atom is -0.494 e. The third kappa shape index (κ3) is 5.85. The first-order chi connectivity index (χ1) is 12.5. The molecule has 1 atom stereocenters. The van der Waals surface area contributed by atoms with Crippen molar-refractivity contribution in [2.75, 3.05) is 13.7 Å². The monoisotopic (exact) mass is 382 g/mol. The van der Waals surface area contributed by atoms with Crippen molar-refractivity contribution in [3.8, 4) is 22.6 Å². The maximum atomic E-state index is 13.6. The molecule has 1 aromatic carbocycles. The zero-order valence-corrected chi connectivity index (χ0v) is 15.9. The molecular formula is C20H25F3N2O2. The molecule has 0 amide bonds. The molecule has 1 aromatic heterocycles. The van der Waals surface area contributed by atoms with Crippen molar-refractivity contribution in [1.82, 2.24) is 4.98 Å². The summed E-state index contributed by atoms with van der Waals surface area (Å²) < 4.78 is 51.4. The second-order valence-corrected chi connectivity index (χ2v) is 7.39. The Kier molecular flexibility index (Phi) is 6.36. The van der Waals surface area contributed by atoms with E-state index in [1.54, 1.807) is 12.1 Å². The van der Waals surface area contributed by atoms with Gasteiger partial charge in [0.05, 0.1) is 25.5 Å². The average molecular weight is 382 g/mol. The van der Waals surface area contributed by atoms with E-state index in [0.717, 1.165) is 6.07 Å². The van der Waals surface area contributed by atoms with Crippen molar-refractivity contribution in [1.29, 1.82) is 0 Å². The second kappa shape index (κ2) is 8.17. The van der Waals surface area contributed by atoms with Crippen LogP contribution in [0.2, 0.25) is 0 Å². The van der Waals surface area contributed by atoms with Gasteiger partial charge in [0, 0.05) is 17.3 Å². The van der Waals surface area contributed by atoms with Crippen LogP contribution in [-0.2, 0) is 6.18 Å². The van der Waals surface area contributed by atoms with E-state index in [9.17, 15) is 13.2 Å². The smallest absolute Gasteiger partial charge is 0.419 e. The summed E-state index contributed by atoms with van der Waals surface area (Å²) in [7, 11) is 1.45. The van der Waals surface area contributed by atoms with Gasteiger partial charge in [-0.3, -0.25) is 4.98 Å². The van der Waals surface area contributed by atoms with Gasteiger partial charge in [0.2, 0.25) is 0 Å². The Morgan fingerprint density at radius 1 is 1.15 bits per heavy atom. The number of benzene rings is 1. The lowest BCUT2D eigenvalue weighted by Gasteiger charge is -2.24. The van der Waals surface area contributed by atoms with Gasteiger partial charge in [0.15, 0.2) is 0 Å².